The first-order chi connectivity index (χ1) is 14.4. The first-order valence-corrected chi connectivity index (χ1v) is 11.2. The molecule has 0 unspecified atom stereocenters. The predicted molar refractivity (Wildman–Crippen MR) is 119 cm³/mol. The van der Waals surface area contributed by atoms with E-state index in [1.807, 2.05) is 31.2 Å². The SMILES string of the molecule is Cc1cccc(Oc2[c]cc(Cl)c(-c3ccccc3S(=O)(=O)c3ccccc3)c2)c1. The predicted octanol–water partition coefficient (Wildman–Crippen LogP) is 6.74. The summed E-state index contributed by atoms with van der Waals surface area (Å²) in [5, 5.41) is 0.391. The second-order valence-electron chi connectivity index (χ2n) is 6.79. The van der Waals surface area contributed by atoms with Gasteiger partial charge in [-0.25, -0.2) is 8.42 Å². The van der Waals surface area contributed by atoms with Crippen LogP contribution in [-0.4, -0.2) is 8.42 Å². The molecule has 4 aromatic carbocycles. The molecule has 0 atom stereocenters. The van der Waals surface area contributed by atoms with E-state index in [-0.39, 0.29) is 9.79 Å². The molecule has 0 aliphatic carbocycles. The fourth-order valence-electron chi connectivity index (χ4n) is 3.18. The molecule has 4 aromatic rings. The van der Waals surface area contributed by atoms with Gasteiger partial charge in [-0.3, -0.25) is 0 Å². The Hall–Kier alpha value is -3.08. The van der Waals surface area contributed by atoms with E-state index in [1.165, 1.54) is 0 Å². The highest BCUT2D eigenvalue weighted by Crippen LogP contribution is 2.38. The number of hydrogen-bond acceptors (Lipinski definition) is 3. The smallest absolute Gasteiger partial charge is 0.207 e. The quantitative estimate of drug-likeness (QED) is 0.350. The molecule has 0 fully saturated rings. The summed E-state index contributed by atoms with van der Waals surface area (Å²) in [7, 11) is -3.72. The lowest BCUT2D eigenvalue weighted by molar-refractivity contribution is 0.481. The van der Waals surface area contributed by atoms with Crippen molar-refractivity contribution in [3.63, 3.8) is 0 Å². The Morgan fingerprint density at radius 3 is 2.33 bits per heavy atom. The molecule has 30 heavy (non-hydrogen) atoms. The summed E-state index contributed by atoms with van der Waals surface area (Å²) in [6.45, 7) is 1.98. The minimum Gasteiger partial charge on any atom is -0.457 e. The number of hydrogen-bond donors (Lipinski definition) is 0. The van der Waals surface area contributed by atoms with Crippen molar-refractivity contribution in [1.29, 1.82) is 0 Å². The van der Waals surface area contributed by atoms with E-state index in [0.29, 0.717) is 27.6 Å². The van der Waals surface area contributed by atoms with Gasteiger partial charge in [-0.05, 0) is 55.0 Å². The Bertz CT molecular complexity index is 1300. The molecule has 149 valence electrons. The van der Waals surface area contributed by atoms with Gasteiger partial charge in [0, 0.05) is 22.2 Å². The van der Waals surface area contributed by atoms with E-state index >= 15 is 0 Å². The van der Waals surface area contributed by atoms with Crippen molar-refractivity contribution in [3.05, 3.63) is 108 Å². The van der Waals surface area contributed by atoms with Gasteiger partial charge < -0.3 is 4.74 Å². The molecule has 0 amide bonds. The van der Waals surface area contributed by atoms with Crippen LogP contribution in [0.1, 0.15) is 5.56 Å². The maximum atomic E-state index is 13.3. The lowest BCUT2D eigenvalue weighted by atomic mass is 10.1. The Kier molecular flexibility index (Phi) is 5.62. The Balaban J connectivity index is 1.80. The molecule has 0 aliphatic rings. The van der Waals surface area contributed by atoms with E-state index in [0.717, 1.165) is 5.56 Å². The maximum Gasteiger partial charge on any atom is 0.207 e. The fraction of sp³-hybridized carbons (Fsp3) is 0.0400. The molecule has 0 N–H and O–H groups in total. The van der Waals surface area contributed by atoms with Crippen LogP contribution in [-0.2, 0) is 9.84 Å². The van der Waals surface area contributed by atoms with Crippen LogP contribution in [0.4, 0.5) is 0 Å². The molecule has 0 spiro atoms. The molecule has 1 radical (unpaired) electrons. The molecule has 0 bridgehead atoms. The Morgan fingerprint density at radius 1 is 0.833 bits per heavy atom. The van der Waals surface area contributed by atoms with Gasteiger partial charge in [-0.1, -0.05) is 60.1 Å². The van der Waals surface area contributed by atoms with Crippen molar-refractivity contribution < 1.29 is 13.2 Å². The summed E-state index contributed by atoms with van der Waals surface area (Å²) in [6, 6.07) is 29.1. The van der Waals surface area contributed by atoms with Crippen molar-refractivity contribution in [2.24, 2.45) is 0 Å². The van der Waals surface area contributed by atoms with Gasteiger partial charge in [0.2, 0.25) is 9.84 Å². The molecule has 0 saturated carbocycles. The number of aryl methyl sites for hydroxylation is 1. The van der Waals surface area contributed by atoms with Crippen LogP contribution >= 0.6 is 11.6 Å². The largest absolute Gasteiger partial charge is 0.457 e. The van der Waals surface area contributed by atoms with Crippen LogP contribution in [0.2, 0.25) is 5.02 Å². The second kappa shape index (κ2) is 8.34. The molecule has 5 heteroatoms. The van der Waals surface area contributed by atoms with Gasteiger partial charge in [-0.2, -0.15) is 0 Å². The number of sulfone groups is 1. The summed E-state index contributed by atoms with van der Waals surface area (Å²) in [5.74, 6) is 1.12. The molecule has 0 saturated heterocycles. The third-order valence-electron chi connectivity index (χ3n) is 4.61. The fourth-order valence-corrected chi connectivity index (χ4v) is 4.88. The van der Waals surface area contributed by atoms with E-state index < -0.39 is 9.84 Å². The molecular weight excluding hydrogens is 416 g/mol. The standard InChI is InChI=1S/C25H18ClO3S/c1-18-8-7-9-19(16-18)29-20-14-15-24(26)23(17-20)22-12-5-6-13-25(22)30(27,28)21-10-3-2-4-11-21/h2-13,15-17H,1H3. The van der Waals surface area contributed by atoms with Gasteiger partial charge in [-0.15, -0.1) is 0 Å². The van der Waals surface area contributed by atoms with Crippen molar-refractivity contribution in [2.45, 2.75) is 16.7 Å². The lowest BCUT2D eigenvalue weighted by Crippen LogP contribution is -2.04. The van der Waals surface area contributed by atoms with Crippen molar-refractivity contribution in [2.75, 3.05) is 0 Å². The van der Waals surface area contributed by atoms with Crippen LogP contribution in [0.15, 0.2) is 101 Å². The third kappa shape index (κ3) is 4.11. The zero-order valence-electron chi connectivity index (χ0n) is 16.2. The molecule has 0 aliphatic heterocycles. The minimum absolute atomic E-state index is 0.186. The zero-order chi connectivity index (χ0) is 21.1. The van der Waals surface area contributed by atoms with Crippen molar-refractivity contribution in [1.82, 2.24) is 0 Å². The van der Waals surface area contributed by atoms with Crippen molar-refractivity contribution in [3.8, 4) is 22.6 Å². The highest BCUT2D eigenvalue weighted by atomic mass is 35.5. The van der Waals surface area contributed by atoms with E-state index in [9.17, 15) is 8.42 Å². The molecule has 0 heterocycles. The average Bonchev–Trinajstić information content (AvgIpc) is 2.76. The summed E-state index contributed by atoms with van der Waals surface area (Å²) in [4.78, 5) is 0.415. The first-order valence-electron chi connectivity index (χ1n) is 9.30. The molecular formula is C25H18ClO3S. The van der Waals surface area contributed by atoms with Crippen LogP contribution in [0, 0.1) is 13.0 Å². The van der Waals surface area contributed by atoms with Gasteiger partial charge in [0.25, 0.3) is 0 Å². The summed E-state index contributed by atoms with van der Waals surface area (Å²) in [5.41, 5.74) is 2.14. The van der Waals surface area contributed by atoms with Gasteiger partial charge in [0.15, 0.2) is 0 Å². The normalized spacial score (nSPS) is 11.3. The van der Waals surface area contributed by atoms with E-state index in [1.54, 1.807) is 66.7 Å². The summed E-state index contributed by atoms with van der Waals surface area (Å²) < 4.78 is 32.5. The van der Waals surface area contributed by atoms with E-state index in [4.69, 9.17) is 16.3 Å². The van der Waals surface area contributed by atoms with Gasteiger partial charge in [0.05, 0.1) is 9.79 Å². The third-order valence-corrected chi connectivity index (χ3v) is 6.75. The van der Waals surface area contributed by atoms with Crippen LogP contribution in [0.5, 0.6) is 11.5 Å². The molecule has 0 aromatic heterocycles. The number of benzene rings is 4. The molecule has 3 nitrogen and oxygen atoms in total. The van der Waals surface area contributed by atoms with Gasteiger partial charge in [0.1, 0.15) is 11.5 Å². The summed E-state index contributed by atoms with van der Waals surface area (Å²) >= 11 is 6.45. The van der Waals surface area contributed by atoms with Crippen molar-refractivity contribution >= 4 is 21.4 Å². The highest BCUT2D eigenvalue weighted by Gasteiger charge is 2.22. The first kappa shape index (κ1) is 20.2. The maximum absolute atomic E-state index is 13.3. The van der Waals surface area contributed by atoms with Crippen LogP contribution < -0.4 is 4.74 Å². The number of halogens is 1. The average molecular weight is 434 g/mol. The van der Waals surface area contributed by atoms with E-state index in [2.05, 4.69) is 6.07 Å². The van der Waals surface area contributed by atoms with Crippen LogP contribution in [0.3, 0.4) is 0 Å². The number of rotatable bonds is 5. The second-order valence-corrected chi connectivity index (χ2v) is 9.12. The summed E-state index contributed by atoms with van der Waals surface area (Å²) in [6.07, 6.45) is 0. The number of ether oxygens (including phenoxy) is 1. The topological polar surface area (TPSA) is 43.4 Å². The van der Waals surface area contributed by atoms with Crippen LogP contribution in [0.25, 0.3) is 11.1 Å². The Morgan fingerprint density at radius 2 is 1.57 bits per heavy atom. The lowest BCUT2D eigenvalue weighted by Gasteiger charge is -2.14. The highest BCUT2D eigenvalue weighted by molar-refractivity contribution is 7.91. The van der Waals surface area contributed by atoms with Gasteiger partial charge >= 0.3 is 0 Å². The Labute approximate surface area is 181 Å². The minimum atomic E-state index is -3.72. The zero-order valence-corrected chi connectivity index (χ0v) is 17.7. The monoisotopic (exact) mass is 433 g/mol. The molecule has 4 rings (SSSR count).